The predicted molar refractivity (Wildman–Crippen MR) is 102 cm³/mol. The van der Waals surface area contributed by atoms with E-state index >= 15 is 0 Å². The van der Waals surface area contributed by atoms with Crippen molar-refractivity contribution in [2.75, 3.05) is 6.61 Å². The average molecular weight is 372 g/mol. The molecule has 0 atom stereocenters. The summed E-state index contributed by atoms with van der Waals surface area (Å²) in [4.78, 5) is 29.5. The zero-order chi connectivity index (χ0) is 19.3. The topological polar surface area (TPSA) is 68.3 Å². The summed E-state index contributed by atoms with van der Waals surface area (Å²) in [7, 11) is 0. The van der Waals surface area contributed by atoms with Gasteiger partial charge >= 0.3 is 5.97 Å². The number of carbonyl (C=O) groups is 2. The van der Waals surface area contributed by atoms with Crippen molar-refractivity contribution < 1.29 is 14.3 Å². The van der Waals surface area contributed by atoms with E-state index < -0.39 is 5.97 Å². The van der Waals surface area contributed by atoms with Gasteiger partial charge in [0.25, 0.3) is 5.91 Å². The molecule has 0 bridgehead atoms. The number of aryl methyl sites for hydroxylation is 2. The van der Waals surface area contributed by atoms with Crippen LogP contribution in [0.1, 0.15) is 42.3 Å². The second-order valence-corrected chi connectivity index (χ2v) is 8.14. The molecule has 5 nitrogen and oxygen atoms in total. The highest BCUT2D eigenvalue weighted by Gasteiger charge is 2.18. The number of nitrogens with zero attached hydrogens (tertiary/aromatic N) is 1. The van der Waals surface area contributed by atoms with Gasteiger partial charge in [-0.3, -0.25) is 4.79 Å². The Kier molecular flexibility index (Phi) is 6.42. The van der Waals surface area contributed by atoms with E-state index in [9.17, 15) is 9.59 Å². The molecule has 6 heteroatoms. The van der Waals surface area contributed by atoms with Crippen molar-refractivity contribution in [2.45, 2.75) is 50.1 Å². The molecular formula is C20H24N2O3S. The van der Waals surface area contributed by atoms with Crippen LogP contribution in [-0.2, 0) is 9.53 Å². The van der Waals surface area contributed by atoms with Crippen LogP contribution in [0.3, 0.4) is 0 Å². The molecule has 1 heterocycles. The molecule has 1 aromatic heterocycles. The van der Waals surface area contributed by atoms with Gasteiger partial charge in [-0.2, -0.15) is 0 Å². The Morgan fingerprint density at radius 2 is 1.88 bits per heavy atom. The lowest BCUT2D eigenvalue weighted by Crippen LogP contribution is -2.42. The van der Waals surface area contributed by atoms with Crippen LogP contribution in [0, 0.1) is 13.8 Å². The number of aromatic nitrogens is 1. The van der Waals surface area contributed by atoms with Gasteiger partial charge in [0.05, 0.1) is 5.56 Å². The lowest BCUT2D eigenvalue weighted by molar-refractivity contribution is -0.125. The molecule has 2 rings (SSSR count). The van der Waals surface area contributed by atoms with Crippen LogP contribution in [0.15, 0.2) is 46.5 Å². The summed E-state index contributed by atoms with van der Waals surface area (Å²) >= 11 is 1.40. The van der Waals surface area contributed by atoms with Gasteiger partial charge in [0.2, 0.25) is 0 Å². The van der Waals surface area contributed by atoms with Crippen LogP contribution >= 0.6 is 11.8 Å². The zero-order valence-corrected chi connectivity index (χ0v) is 16.6. The van der Waals surface area contributed by atoms with Crippen LogP contribution < -0.4 is 5.32 Å². The van der Waals surface area contributed by atoms with Crippen molar-refractivity contribution in [1.82, 2.24) is 10.3 Å². The van der Waals surface area contributed by atoms with E-state index in [1.54, 1.807) is 18.3 Å². The first-order valence-corrected chi connectivity index (χ1v) is 9.15. The van der Waals surface area contributed by atoms with Crippen molar-refractivity contribution in [3.8, 4) is 0 Å². The standard InChI is InChI=1S/C20H24N2O3S/c1-13-8-9-15(11-14(13)2)26-18-16(7-6-10-21-18)19(24)25-12-17(23)22-20(3,4)5/h6-11H,12H2,1-5H3,(H,22,23). The maximum absolute atomic E-state index is 12.4. The van der Waals surface area contributed by atoms with Gasteiger partial charge in [-0.15, -0.1) is 0 Å². The molecule has 0 saturated carbocycles. The number of pyridine rings is 1. The fraction of sp³-hybridized carbons (Fsp3) is 0.350. The number of ether oxygens (including phenoxy) is 1. The number of carbonyl (C=O) groups excluding carboxylic acids is 2. The van der Waals surface area contributed by atoms with Crippen molar-refractivity contribution in [3.05, 3.63) is 53.2 Å². The Labute approximate surface area is 158 Å². The molecule has 1 N–H and O–H groups in total. The summed E-state index contributed by atoms with van der Waals surface area (Å²) in [6.07, 6.45) is 1.63. The number of rotatable bonds is 5. The molecule has 1 aromatic carbocycles. The van der Waals surface area contributed by atoms with E-state index in [2.05, 4.69) is 23.3 Å². The van der Waals surface area contributed by atoms with E-state index in [1.165, 1.54) is 22.9 Å². The van der Waals surface area contributed by atoms with E-state index in [-0.39, 0.29) is 18.1 Å². The van der Waals surface area contributed by atoms with Crippen LogP contribution in [0.5, 0.6) is 0 Å². The highest BCUT2D eigenvalue weighted by Crippen LogP contribution is 2.30. The second kappa shape index (κ2) is 8.36. The lowest BCUT2D eigenvalue weighted by atomic mass is 10.1. The third kappa shape index (κ3) is 5.88. The summed E-state index contributed by atoms with van der Waals surface area (Å²) in [6.45, 7) is 9.37. The van der Waals surface area contributed by atoms with Crippen LogP contribution in [0.4, 0.5) is 0 Å². The summed E-state index contributed by atoms with van der Waals surface area (Å²) < 4.78 is 5.15. The Morgan fingerprint density at radius 1 is 1.15 bits per heavy atom. The quantitative estimate of drug-likeness (QED) is 0.806. The van der Waals surface area contributed by atoms with Gasteiger partial charge in [0.15, 0.2) is 6.61 Å². The van der Waals surface area contributed by atoms with Crippen LogP contribution in [0.2, 0.25) is 0 Å². The van der Waals surface area contributed by atoms with Gasteiger partial charge < -0.3 is 10.1 Å². The summed E-state index contributed by atoms with van der Waals surface area (Å²) in [5, 5.41) is 3.31. The Morgan fingerprint density at radius 3 is 2.54 bits per heavy atom. The average Bonchev–Trinajstić information content (AvgIpc) is 2.55. The number of nitrogens with one attached hydrogen (secondary N) is 1. The van der Waals surface area contributed by atoms with Gasteiger partial charge in [-0.05, 0) is 70.0 Å². The number of esters is 1. The highest BCUT2D eigenvalue weighted by molar-refractivity contribution is 7.99. The summed E-state index contributed by atoms with van der Waals surface area (Å²) in [6, 6.07) is 9.42. The van der Waals surface area contributed by atoms with Gasteiger partial charge in [0.1, 0.15) is 5.03 Å². The van der Waals surface area contributed by atoms with Crippen LogP contribution in [-0.4, -0.2) is 29.0 Å². The maximum atomic E-state index is 12.4. The van der Waals surface area contributed by atoms with Crippen molar-refractivity contribution in [2.24, 2.45) is 0 Å². The number of amides is 1. The molecule has 2 aromatic rings. The first-order valence-electron chi connectivity index (χ1n) is 8.34. The second-order valence-electron chi connectivity index (χ2n) is 7.08. The molecular weight excluding hydrogens is 348 g/mol. The smallest absolute Gasteiger partial charge is 0.341 e. The molecule has 0 unspecified atom stereocenters. The first-order chi connectivity index (χ1) is 12.2. The molecule has 0 aliphatic heterocycles. The molecule has 138 valence electrons. The normalized spacial score (nSPS) is 11.1. The molecule has 0 aliphatic rings. The molecule has 0 fully saturated rings. The minimum atomic E-state index is -0.562. The maximum Gasteiger partial charge on any atom is 0.341 e. The van der Waals surface area contributed by atoms with Crippen molar-refractivity contribution >= 4 is 23.6 Å². The van der Waals surface area contributed by atoms with Gasteiger partial charge in [-0.25, -0.2) is 9.78 Å². The van der Waals surface area contributed by atoms with Crippen molar-refractivity contribution in [1.29, 1.82) is 0 Å². The van der Waals surface area contributed by atoms with E-state index in [1.807, 2.05) is 39.8 Å². The molecule has 26 heavy (non-hydrogen) atoms. The summed E-state index contributed by atoms with van der Waals surface area (Å²) in [5.41, 5.74) is 2.36. The van der Waals surface area contributed by atoms with Crippen molar-refractivity contribution in [3.63, 3.8) is 0 Å². The molecule has 0 aliphatic carbocycles. The molecule has 0 spiro atoms. The fourth-order valence-electron chi connectivity index (χ4n) is 2.18. The molecule has 1 amide bonds. The summed E-state index contributed by atoms with van der Waals surface area (Å²) in [5.74, 6) is -0.897. The Hall–Kier alpha value is -2.34. The number of hydrogen-bond donors (Lipinski definition) is 1. The monoisotopic (exact) mass is 372 g/mol. The predicted octanol–water partition coefficient (Wildman–Crippen LogP) is 3.92. The van der Waals surface area contributed by atoms with Gasteiger partial charge in [-0.1, -0.05) is 17.8 Å². The number of benzene rings is 1. The minimum absolute atomic E-state index is 0.321. The fourth-order valence-corrected chi connectivity index (χ4v) is 3.15. The van der Waals surface area contributed by atoms with E-state index in [0.717, 1.165) is 4.90 Å². The zero-order valence-electron chi connectivity index (χ0n) is 15.8. The Balaban J connectivity index is 2.09. The number of hydrogen-bond acceptors (Lipinski definition) is 5. The Bertz CT molecular complexity index is 813. The van der Waals surface area contributed by atoms with E-state index in [0.29, 0.717) is 10.6 Å². The first kappa shape index (κ1) is 20.0. The lowest BCUT2D eigenvalue weighted by Gasteiger charge is -2.20. The van der Waals surface area contributed by atoms with Crippen LogP contribution in [0.25, 0.3) is 0 Å². The third-order valence-electron chi connectivity index (χ3n) is 3.53. The molecule has 0 radical (unpaired) electrons. The minimum Gasteiger partial charge on any atom is -0.452 e. The molecule has 0 saturated heterocycles. The third-order valence-corrected chi connectivity index (χ3v) is 4.54. The highest BCUT2D eigenvalue weighted by atomic mass is 32.2. The SMILES string of the molecule is Cc1ccc(Sc2ncccc2C(=O)OCC(=O)NC(C)(C)C)cc1C. The largest absolute Gasteiger partial charge is 0.452 e. The van der Waals surface area contributed by atoms with E-state index in [4.69, 9.17) is 4.74 Å². The van der Waals surface area contributed by atoms with Gasteiger partial charge in [0, 0.05) is 16.6 Å².